The van der Waals surface area contributed by atoms with Crippen LogP contribution in [0, 0.1) is 11.2 Å². The summed E-state index contributed by atoms with van der Waals surface area (Å²) in [7, 11) is 0. The molecule has 4 aliphatic rings. The fraction of sp³-hybridized carbons (Fsp3) is 0.583. The fourth-order valence-corrected chi connectivity index (χ4v) is 5.44. The first kappa shape index (κ1) is 21.9. The summed E-state index contributed by atoms with van der Waals surface area (Å²) in [4.78, 5) is 20.8. The van der Waals surface area contributed by atoms with Crippen LogP contribution in [0.2, 0.25) is 0 Å². The molecule has 2 aliphatic heterocycles. The van der Waals surface area contributed by atoms with Gasteiger partial charge in [-0.25, -0.2) is 14.2 Å². The highest BCUT2D eigenvalue weighted by molar-refractivity contribution is 5.76. The predicted molar refractivity (Wildman–Crippen MR) is 113 cm³/mol. The second-order valence-electron chi connectivity index (χ2n) is 10.4. The van der Waals surface area contributed by atoms with E-state index in [0.29, 0.717) is 30.6 Å². The highest BCUT2D eigenvalue weighted by Crippen LogP contribution is 2.54. The quantitative estimate of drug-likeness (QED) is 0.592. The molecule has 1 aromatic heterocycles. The molecule has 0 radical (unpaired) electrons. The number of carbonyl (C=O) groups is 1. The number of hydrogen-bond donors (Lipinski definition) is 0. The predicted octanol–water partition coefficient (Wildman–Crippen LogP) is 4.58. The Labute approximate surface area is 194 Å². The van der Waals surface area contributed by atoms with E-state index in [1.807, 2.05) is 11.2 Å². The summed E-state index contributed by atoms with van der Waals surface area (Å²) < 4.78 is 59.6. The number of aromatic nitrogens is 2. The van der Waals surface area contributed by atoms with Crippen molar-refractivity contribution in [1.82, 2.24) is 19.4 Å². The number of urea groups is 1. The monoisotopic (exact) mass is 478 g/mol. The molecule has 3 heterocycles. The average Bonchev–Trinajstić information content (AvgIpc) is 3.41. The van der Waals surface area contributed by atoms with Crippen molar-refractivity contribution in [3.8, 4) is 0 Å². The summed E-state index contributed by atoms with van der Waals surface area (Å²) in [5, 5.41) is 0. The highest BCUT2D eigenvalue weighted by atomic mass is 19.4. The number of halogens is 4. The maximum atomic E-state index is 13.7. The first-order valence-electron chi connectivity index (χ1n) is 11.7. The number of rotatable bonds is 5. The van der Waals surface area contributed by atoms with E-state index in [1.165, 1.54) is 24.6 Å². The molecule has 1 aromatic carbocycles. The van der Waals surface area contributed by atoms with E-state index in [9.17, 15) is 22.4 Å². The minimum atomic E-state index is -4.72. The Bertz CT molecular complexity index is 1090. The van der Waals surface area contributed by atoms with Gasteiger partial charge in [-0.2, -0.15) is 13.2 Å². The molecule has 2 saturated heterocycles. The molecule has 182 valence electrons. The molecule has 0 unspecified atom stereocenters. The third-order valence-electron chi connectivity index (χ3n) is 7.64. The zero-order valence-electron chi connectivity index (χ0n) is 18.6. The van der Waals surface area contributed by atoms with E-state index in [0.717, 1.165) is 38.1 Å². The van der Waals surface area contributed by atoms with Crippen LogP contribution >= 0.6 is 0 Å². The first-order valence-corrected chi connectivity index (χ1v) is 11.7. The molecule has 1 spiro atoms. The number of amides is 2. The van der Waals surface area contributed by atoms with Crippen molar-refractivity contribution in [3.05, 3.63) is 53.4 Å². The van der Waals surface area contributed by atoms with Gasteiger partial charge in [0.15, 0.2) is 0 Å². The second kappa shape index (κ2) is 7.69. The Morgan fingerprint density at radius 3 is 2.53 bits per heavy atom. The summed E-state index contributed by atoms with van der Waals surface area (Å²) in [6.45, 7) is 2.44. The molecule has 6 nitrogen and oxygen atoms in total. The topological polar surface area (TPSA) is 50.6 Å². The number of likely N-dealkylation sites (tertiary alicyclic amines) is 2. The van der Waals surface area contributed by atoms with Gasteiger partial charge >= 0.3 is 12.2 Å². The second-order valence-corrected chi connectivity index (χ2v) is 10.4. The van der Waals surface area contributed by atoms with Crippen LogP contribution in [0.4, 0.5) is 22.4 Å². The molecule has 2 amide bonds. The molecule has 2 aliphatic carbocycles. The summed E-state index contributed by atoms with van der Waals surface area (Å²) in [5.41, 5.74) is 0.499. The third-order valence-corrected chi connectivity index (χ3v) is 7.64. The lowest BCUT2D eigenvalue weighted by Gasteiger charge is -2.60. The van der Waals surface area contributed by atoms with Crippen LogP contribution in [0.15, 0.2) is 30.7 Å². The Morgan fingerprint density at radius 1 is 1.15 bits per heavy atom. The van der Waals surface area contributed by atoms with Crippen LogP contribution in [0.25, 0.3) is 0 Å². The lowest BCUT2D eigenvalue weighted by Crippen LogP contribution is -2.68. The standard InChI is InChI=1S/C24H26F4N4O2/c25-20-5-15(1-4-19(20)24(26,27)28)11-34-18-8-30(9-18)22(33)32-12-23(13-32)6-17(7-23)31-10-21(29-14-31)16-2-3-16/h1,4-5,10,14,16-18H,2-3,6-9,11-13H2. The van der Waals surface area contributed by atoms with Gasteiger partial charge in [0.25, 0.3) is 0 Å². The smallest absolute Gasteiger partial charge is 0.370 e. The van der Waals surface area contributed by atoms with Crippen molar-refractivity contribution >= 4 is 6.03 Å². The number of benzene rings is 1. The molecule has 0 bridgehead atoms. The zero-order valence-corrected chi connectivity index (χ0v) is 18.6. The van der Waals surface area contributed by atoms with Gasteiger partial charge in [-0.15, -0.1) is 0 Å². The molecule has 34 heavy (non-hydrogen) atoms. The average molecular weight is 478 g/mol. The molecule has 2 aromatic rings. The van der Waals surface area contributed by atoms with Gasteiger partial charge in [0.05, 0.1) is 43.4 Å². The van der Waals surface area contributed by atoms with E-state index in [1.54, 1.807) is 4.90 Å². The van der Waals surface area contributed by atoms with Gasteiger partial charge in [-0.1, -0.05) is 6.07 Å². The van der Waals surface area contributed by atoms with Gasteiger partial charge in [0.2, 0.25) is 0 Å². The molecular formula is C24H26F4N4O2. The Morgan fingerprint density at radius 2 is 1.88 bits per heavy atom. The van der Waals surface area contributed by atoms with Gasteiger partial charge in [0.1, 0.15) is 5.82 Å². The van der Waals surface area contributed by atoms with E-state index in [4.69, 9.17) is 4.74 Å². The number of nitrogens with zero attached hydrogens (tertiary/aromatic N) is 4. The summed E-state index contributed by atoms with van der Waals surface area (Å²) in [6, 6.07) is 3.29. The molecule has 6 rings (SSSR count). The Balaban J connectivity index is 0.919. The van der Waals surface area contributed by atoms with Crippen molar-refractivity contribution in [2.45, 2.75) is 56.5 Å². The van der Waals surface area contributed by atoms with Gasteiger partial charge in [0, 0.05) is 36.7 Å². The van der Waals surface area contributed by atoms with Crippen molar-refractivity contribution in [1.29, 1.82) is 0 Å². The molecule has 0 atom stereocenters. The van der Waals surface area contributed by atoms with Crippen LogP contribution in [0.3, 0.4) is 0 Å². The minimum Gasteiger partial charge on any atom is -0.370 e. The summed E-state index contributed by atoms with van der Waals surface area (Å²) in [6.07, 6.45) is 3.88. The van der Waals surface area contributed by atoms with Crippen LogP contribution in [-0.4, -0.2) is 57.7 Å². The maximum absolute atomic E-state index is 13.7. The molecule has 10 heteroatoms. The van der Waals surface area contributed by atoms with Crippen molar-refractivity contribution in [2.24, 2.45) is 5.41 Å². The lowest BCUT2D eigenvalue weighted by molar-refractivity contribution is -0.140. The third kappa shape index (κ3) is 3.95. The van der Waals surface area contributed by atoms with Gasteiger partial charge in [-0.05, 0) is 43.4 Å². The van der Waals surface area contributed by atoms with Crippen LogP contribution in [0.1, 0.15) is 54.5 Å². The Kier molecular flexibility index (Phi) is 4.95. The van der Waals surface area contributed by atoms with Gasteiger partial charge in [-0.3, -0.25) is 0 Å². The van der Waals surface area contributed by atoms with Crippen LogP contribution in [-0.2, 0) is 17.5 Å². The largest absolute Gasteiger partial charge is 0.419 e. The van der Waals surface area contributed by atoms with E-state index in [-0.39, 0.29) is 24.2 Å². The molecule has 4 fully saturated rings. The number of alkyl halides is 3. The number of hydrogen-bond acceptors (Lipinski definition) is 3. The molecule has 2 saturated carbocycles. The fourth-order valence-electron chi connectivity index (χ4n) is 5.44. The van der Waals surface area contributed by atoms with E-state index < -0.39 is 17.6 Å². The van der Waals surface area contributed by atoms with Crippen LogP contribution < -0.4 is 0 Å². The van der Waals surface area contributed by atoms with Crippen LogP contribution in [0.5, 0.6) is 0 Å². The molecular weight excluding hydrogens is 452 g/mol. The van der Waals surface area contributed by atoms with Crippen molar-refractivity contribution in [3.63, 3.8) is 0 Å². The Hall–Kier alpha value is -2.62. The normalized spacial score (nSPS) is 22.5. The van der Waals surface area contributed by atoms with E-state index >= 15 is 0 Å². The molecule has 0 N–H and O–H groups in total. The minimum absolute atomic E-state index is 0.00663. The number of ether oxygens (including phenoxy) is 1. The lowest BCUT2D eigenvalue weighted by atomic mass is 9.60. The SMILES string of the molecule is O=C(N1CC(OCc2ccc(C(F)(F)F)c(F)c2)C1)N1CC2(CC(n3cnc(C4CC4)c3)C2)C1. The van der Waals surface area contributed by atoms with E-state index in [2.05, 4.69) is 15.7 Å². The maximum Gasteiger partial charge on any atom is 0.419 e. The zero-order chi connectivity index (χ0) is 23.7. The van der Waals surface area contributed by atoms with Crippen molar-refractivity contribution in [2.75, 3.05) is 26.2 Å². The van der Waals surface area contributed by atoms with Crippen molar-refractivity contribution < 1.29 is 27.1 Å². The number of carbonyl (C=O) groups excluding carboxylic acids is 1. The first-order chi connectivity index (χ1) is 16.2. The summed E-state index contributed by atoms with van der Waals surface area (Å²) >= 11 is 0. The highest BCUT2D eigenvalue weighted by Gasteiger charge is 2.55. The van der Waals surface area contributed by atoms with Gasteiger partial charge < -0.3 is 19.1 Å². The summed E-state index contributed by atoms with van der Waals surface area (Å²) in [5.74, 6) is -0.645. The number of imidazole rings is 1.